The SMILES string of the molecule is CC(C)OCCCCNC(=O)C1CCNc2ccccc21. The summed E-state index contributed by atoms with van der Waals surface area (Å²) in [5, 5.41) is 6.40. The molecule has 1 aromatic rings. The van der Waals surface area contributed by atoms with Crippen LogP contribution >= 0.6 is 0 Å². The van der Waals surface area contributed by atoms with Gasteiger partial charge in [-0.3, -0.25) is 4.79 Å². The van der Waals surface area contributed by atoms with E-state index in [2.05, 4.69) is 10.6 Å². The first-order valence-corrected chi connectivity index (χ1v) is 7.90. The van der Waals surface area contributed by atoms with Gasteiger partial charge in [0, 0.05) is 25.4 Å². The van der Waals surface area contributed by atoms with Crippen LogP contribution in [0.1, 0.15) is 44.6 Å². The van der Waals surface area contributed by atoms with E-state index in [0.717, 1.165) is 50.2 Å². The monoisotopic (exact) mass is 290 g/mol. The van der Waals surface area contributed by atoms with Crippen molar-refractivity contribution in [2.75, 3.05) is 25.0 Å². The number of benzene rings is 1. The molecule has 1 unspecified atom stereocenters. The topological polar surface area (TPSA) is 50.4 Å². The Kier molecular flexibility index (Phi) is 6.05. The average Bonchev–Trinajstić information content (AvgIpc) is 2.49. The van der Waals surface area contributed by atoms with Gasteiger partial charge in [-0.05, 0) is 44.7 Å². The van der Waals surface area contributed by atoms with Crippen LogP contribution in [0.4, 0.5) is 5.69 Å². The van der Waals surface area contributed by atoms with E-state index >= 15 is 0 Å². The maximum Gasteiger partial charge on any atom is 0.227 e. The average molecular weight is 290 g/mol. The lowest BCUT2D eigenvalue weighted by Gasteiger charge is -2.25. The summed E-state index contributed by atoms with van der Waals surface area (Å²) in [4.78, 5) is 12.3. The molecule has 2 N–H and O–H groups in total. The van der Waals surface area contributed by atoms with Crippen molar-refractivity contribution in [3.05, 3.63) is 29.8 Å². The molecular formula is C17H26N2O2. The lowest BCUT2D eigenvalue weighted by atomic mass is 9.90. The molecule has 21 heavy (non-hydrogen) atoms. The highest BCUT2D eigenvalue weighted by Gasteiger charge is 2.25. The standard InChI is InChI=1S/C17H26N2O2/c1-13(2)21-12-6-5-10-19-17(20)15-9-11-18-16-8-4-3-7-14(15)16/h3-4,7-8,13,15,18H,5-6,9-12H2,1-2H3,(H,19,20). The molecule has 0 spiro atoms. The molecule has 0 aliphatic carbocycles. The Balaban J connectivity index is 1.74. The number of nitrogens with one attached hydrogen (secondary N) is 2. The Bertz CT molecular complexity index is 460. The van der Waals surface area contributed by atoms with E-state index in [1.54, 1.807) is 0 Å². The van der Waals surface area contributed by atoms with Gasteiger partial charge in [-0.2, -0.15) is 0 Å². The summed E-state index contributed by atoms with van der Waals surface area (Å²) < 4.78 is 5.49. The van der Waals surface area contributed by atoms with E-state index in [1.807, 2.05) is 38.1 Å². The Morgan fingerprint density at radius 1 is 1.38 bits per heavy atom. The highest BCUT2D eigenvalue weighted by atomic mass is 16.5. The number of hydrogen-bond donors (Lipinski definition) is 2. The molecular weight excluding hydrogens is 264 g/mol. The van der Waals surface area contributed by atoms with Crippen LogP contribution < -0.4 is 10.6 Å². The van der Waals surface area contributed by atoms with E-state index in [-0.39, 0.29) is 17.9 Å². The zero-order valence-electron chi connectivity index (χ0n) is 13.0. The molecule has 0 saturated carbocycles. The molecule has 1 heterocycles. The summed E-state index contributed by atoms with van der Waals surface area (Å²) in [7, 11) is 0. The second kappa shape index (κ2) is 8.03. The number of rotatable bonds is 7. The van der Waals surface area contributed by atoms with Crippen molar-refractivity contribution in [3.8, 4) is 0 Å². The third-order valence-corrected chi connectivity index (χ3v) is 3.72. The smallest absolute Gasteiger partial charge is 0.227 e. The number of carbonyl (C=O) groups is 1. The fourth-order valence-corrected chi connectivity index (χ4v) is 2.62. The number of amides is 1. The Morgan fingerprint density at radius 3 is 3.00 bits per heavy atom. The number of unbranched alkanes of at least 4 members (excludes halogenated alkanes) is 1. The molecule has 1 aliphatic heterocycles. The molecule has 4 nitrogen and oxygen atoms in total. The van der Waals surface area contributed by atoms with Crippen LogP contribution in [0.2, 0.25) is 0 Å². The van der Waals surface area contributed by atoms with E-state index in [9.17, 15) is 4.79 Å². The molecule has 116 valence electrons. The molecule has 4 heteroatoms. The Labute approximate surface area is 127 Å². The molecule has 1 aliphatic rings. The van der Waals surface area contributed by atoms with Crippen molar-refractivity contribution in [1.29, 1.82) is 0 Å². The third kappa shape index (κ3) is 4.74. The number of fused-ring (bicyclic) bond motifs is 1. The van der Waals surface area contributed by atoms with Gasteiger partial charge in [-0.15, -0.1) is 0 Å². The molecule has 2 rings (SSSR count). The predicted molar refractivity (Wildman–Crippen MR) is 85.6 cm³/mol. The summed E-state index contributed by atoms with van der Waals surface area (Å²) in [6, 6.07) is 8.08. The maximum atomic E-state index is 12.3. The number of ether oxygens (including phenoxy) is 1. The quantitative estimate of drug-likeness (QED) is 0.759. The fraction of sp³-hybridized carbons (Fsp3) is 0.588. The van der Waals surface area contributed by atoms with Crippen LogP contribution in [0.25, 0.3) is 0 Å². The second-order valence-corrected chi connectivity index (χ2v) is 5.77. The normalized spacial score (nSPS) is 17.2. The Hall–Kier alpha value is -1.55. The van der Waals surface area contributed by atoms with E-state index in [4.69, 9.17) is 4.74 Å². The zero-order valence-corrected chi connectivity index (χ0v) is 13.0. The van der Waals surface area contributed by atoms with Crippen LogP contribution in [0, 0.1) is 0 Å². The number of para-hydroxylation sites is 1. The van der Waals surface area contributed by atoms with Crippen molar-refractivity contribution in [1.82, 2.24) is 5.32 Å². The lowest BCUT2D eigenvalue weighted by Crippen LogP contribution is -2.33. The molecule has 0 bridgehead atoms. The number of carbonyl (C=O) groups excluding carboxylic acids is 1. The largest absolute Gasteiger partial charge is 0.385 e. The van der Waals surface area contributed by atoms with Gasteiger partial charge in [-0.1, -0.05) is 18.2 Å². The van der Waals surface area contributed by atoms with Crippen molar-refractivity contribution in [2.24, 2.45) is 0 Å². The minimum atomic E-state index is -0.0191. The van der Waals surface area contributed by atoms with Crippen molar-refractivity contribution < 1.29 is 9.53 Å². The van der Waals surface area contributed by atoms with E-state index in [1.165, 1.54) is 0 Å². The molecule has 0 fully saturated rings. The first-order chi connectivity index (χ1) is 10.2. The van der Waals surface area contributed by atoms with Gasteiger partial charge >= 0.3 is 0 Å². The molecule has 1 aromatic carbocycles. The zero-order chi connectivity index (χ0) is 15.1. The summed E-state index contributed by atoms with van der Waals surface area (Å²) in [6.07, 6.45) is 3.09. The van der Waals surface area contributed by atoms with Crippen molar-refractivity contribution in [3.63, 3.8) is 0 Å². The minimum Gasteiger partial charge on any atom is -0.385 e. The summed E-state index contributed by atoms with van der Waals surface area (Å²) in [5.41, 5.74) is 2.21. The van der Waals surface area contributed by atoms with Gasteiger partial charge in [-0.25, -0.2) is 0 Å². The minimum absolute atomic E-state index is 0.0191. The second-order valence-electron chi connectivity index (χ2n) is 5.77. The highest BCUT2D eigenvalue weighted by Crippen LogP contribution is 2.31. The van der Waals surface area contributed by atoms with Gasteiger partial charge in [0.1, 0.15) is 0 Å². The predicted octanol–water partition coefficient (Wildman–Crippen LogP) is 2.91. The van der Waals surface area contributed by atoms with Gasteiger partial charge < -0.3 is 15.4 Å². The molecule has 0 saturated heterocycles. The number of hydrogen-bond acceptors (Lipinski definition) is 3. The van der Waals surface area contributed by atoms with Crippen molar-refractivity contribution >= 4 is 11.6 Å². The highest BCUT2D eigenvalue weighted by molar-refractivity contribution is 5.86. The van der Waals surface area contributed by atoms with Crippen LogP contribution in [-0.2, 0) is 9.53 Å². The van der Waals surface area contributed by atoms with E-state index in [0.29, 0.717) is 0 Å². The van der Waals surface area contributed by atoms with Crippen LogP contribution in [-0.4, -0.2) is 31.7 Å². The van der Waals surface area contributed by atoms with Crippen molar-refractivity contribution in [2.45, 2.75) is 45.1 Å². The van der Waals surface area contributed by atoms with Gasteiger partial charge in [0.05, 0.1) is 12.0 Å². The number of anilines is 1. The first-order valence-electron chi connectivity index (χ1n) is 7.90. The van der Waals surface area contributed by atoms with Crippen LogP contribution in [0.15, 0.2) is 24.3 Å². The fourth-order valence-electron chi connectivity index (χ4n) is 2.62. The molecule has 0 radical (unpaired) electrons. The van der Waals surface area contributed by atoms with Crippen LogP contribution in [0.3, 0.4) is 0 Å². The van der Waals surface area contributed by atoms with Crippen LogP contribution in [0.5, 0.6) is 0 Å². The van der Waals surface area contributed by atoms with Gasteiger partial charge in [0.15, 0.2) is 0 Å². The summed E-state index contributed by atoms with van der Waals surface area (Å²) in [5.74, 6) is 0.128. The van der Waals surface area contributed by atoms with E-state index < -0.39 is 0 Å². The summed E-state index contributed by atoms with van der Waals surface area (Å²) >= 11 is 0. The third-order valence-electron chi connectivity index (χ3n) is 3.72. The van der Waals surface area contributed by atoms with Gasteiger partial charge in [0.25, 0.3) is 0 Å². The lowest BCUT2D eigenvalue weighted by molar-refractivity contribution is -0.122. The van der Waals surface area contributed by atoms with Gasteiger partial charge in [0.2, 0.25) is 5.91 Å². The summed E-state index contributed by atoms with van der Waals surface area (Å²) in [6.45, 7) is 6.43. The first kappa shape index (κ1) is 15.8. The molecule has 1 amide bonds. The molecule has 0 aromatic heterocycles. The Morgan fingerprint density at radius 2 is 2.19 bits per heavy atom. The molecule has 1 atom stereocenters. The maximum absolute atomic E-state index is 12.3.